The molecule has 17 heavy (non-hydrogen) atoms. The average Bonchev–Trinajstić information content (AvgIpc) is 2.94. The van der Waals surface area contributed by atoms with Crippen LogP contribution in [0.25, 0.3) is 5.65 Å². The summed E-state index contributed by atoms with van der Waals surface area (Å²) in [6.07, 6.45) is 5.20. The third-order valence-corrected chi connectivity index (χ3v) is 3.90. The first-order valence-corrected chi connectivity index (χ1v) is 6.56. The molecule has 0 amide bonds. The van der Waals surface area contributed by atoms with Crippen molar-refractivity contribution in [3.05, 3.63) is 39.5 Å². The Morgan fingerprint density at radius 1 is 1.41 bits per heavy atom. The lowest BCUT2D eigenvalue weighted by Crippen LogP contribution is -2.02. The smallest absolute Gasteiger partial charge is 0.203 e. The fraction of sp³-hybridized carbons (Fsp3) is 0.100. The van der Waals surface area contributed by atoms with Crippen molar-refractivity contribution in [3.63, 3.8) is 0 Å². The molecule has 0 aliphatic rings. The molecule has 0 saturated heterocycles. The lowest BCUT2D eigenvalue weighted by molar-refractivity contribution is 1.08. The molecule has 0 saturated carbocycles. The highest BCUT2D eigenvalue weighted by Crippen LogP contribution is 2.23. The van der Waals surface area contributed by atoms with Gasteiger partial charge in [0.15, 0.2) is 5.82 Å². The maximum Gasteiger partial charge on any atom is 0.203 e. The summed E-state index contributed by atoms with van der Waals surface area (Å²) in [5, 5.41) is 11.1. The summed E-state index contributed by atoms with van der Waals surface area (Å²) >= 11 is 5.14. The molecule has 0 bridgehead atoms. The van der Waals surface area contributed by atoms with Crippen molar-refractivity contribution in [1.29, 1.82) is 0 Å². The minimum atomic E-state index is 0.732. The minimum Gasteiger partial charge on any atom is -0.362 e. The second kappa shape index (κ2) is 4.42. The number of rotatable bonds is 3. The van der Waals surface area contributed by atoms with Crippen molar-refractivity contribution in [3.8, 4) is 0 Å². The molecule has 0 aromatic carbocycles. The van der Waals surface area contributed by atoms with E-state index in [-0.39, 0.29) is 0 Å². The Morgan fingerprint density at radius 2 is 2.35 bits per heavy atom. The number of thiophene rings is 1. The summed E-state index contributed by atoms with van der Waals surface area (Å²) in [6, 6.07) is 4.11. The van der Waals surface area contributed by atoms with Crippen molar-refractivity contribution >= 4 is 38.7 Å². The quantitative estimate of drug-likeness (QED) is 0.808. The number of hydrogen-bond donors (Lipinski definition) is 1. The van der Waals surface area contributed by atoms with Gasteiger partial charge in [-0.2, -0.15) is 0 Å². The van der Waals surface area contributed by atoms with Crippen molar-refractivity contribution < 1.29 is 0 Å². The number of nitrogens with zero attached hydrogens (tertiary/aromatic N) is 4. The Hall–Kier alpha value is -1.47. The van der Waals surface area contributed by atoms with E-state index in [1.165, 1.54) is 4.88 Å². The van der Waals surface area contributed by atoms with E-state index in [9.17, 15) is 0 Å². The Balaban J connectivity index is 1.83. The van der Waals surface area contributed by atoms with Crippen LogP contribution in [0, 0.1) is 0 Å². The van der Waals surface area contributed by atoms with Crippen molar-refractivity contribution in [2.75, 3.05) is 5.32 Å². The van der Waals surface area contributed by atoms with Gasteiger partial charge in [-0.3, -0.25) is 4.40 Å². The number of fused-ring (bicyclic) bond motifs is 1. The highest BCUT2D eigenvalue weighted by Gasteiger charge is 2.04. The van der Waals surface area contributed by atoms with E-state index in [0.29, 0.717) is 0 Å². The molecular formula is C10H8BrN5S. The molecule has 0 fully saturated rings. The molecule has 7 heteroatoms. The topological polar surface area (TPSA) is 55.1 Å². The van der Waals surface area contributed by atoms with Crippen molar-refractivity contribution in [2.24, 2.45) is 0 Å². The Kier molecular flexibility index (Phi) is 2.77. The summed E-state index contributed by atoms with van der Waals surface area (Å²) in [6.45, 7) is 0.732. The van der Waals surface area contributed by atoms with Gasteiger partial charge < -0.3 is 5.32 Å². The van der Waals surface area contributed by atoms with E-state index < -0.39 is 0 Å². The lowest BCUT2D eigenvalue weighted by atomic mass is 10.4. The summed E-state index contributed by atoms with van der Waals surface area (Å²) in [7, 11) is 0. The first kappa shape index (κ1) is 10.7. The van der Waals surface area contributed by atoms with Gasteiger partial charge in [-0.25, -0.2) is 4.98 Å². The molecule has 3 heterocycles. The van der Waals surface area contributed by atoms with Crippen LogP contribution in [-0.4, -0.2) is 19.6 Å². The average molecular weight is 310 g/mol. The number of halogens is 1. The summed E-state index contributed by atoms with van der Waals surface area (Å²) < 4.78 is 2.96. The molecule has 0 aliphatic carbocycles. The molecule has 0 aliphatic heterocycles. The van der Waals surface area contributed by atoms with E-state index in [0.717, 1.165) is 21.8 Å². The Morgan fingerprint density at radius 3 is 3.18 bits per heavy atom. The number of aromatic nitrogens is 4. The maximum absolute atomic E-state index is 4.26. The highest BCUT2D eigenvalue weighted by atomic mass is 79.9. The number of anilines is 1. The Bertz CT molecular complexity index is 647. The van der Waals surface area contributed by atoms with Crippen LogP contribution in [-0.2, 0) is 6.54 Å². The first-order valence-electron chi connectivity index (χ1n) is 4.95. The van der Waals surface area contributed by atoms with Crippen LogP contribution < -0.4 is 5.32 Å². The molecule has 0 unspecified atom stereocenters. The fourth-order valence-electron chi connectivity index (χ4n) is 1.50. The SMILES string of the molecule is Brc1ccc(CNc2nccn3cnnc23)s1. The molecule has 86 valence electrons. The van der Waals surface area contributed by atoms with E-state index in [1.807, 2.05) is 16.7 Å². The van der Waals surface area contributed by atoms with Crippen LogP contribution in [0.15, 0.2) is 34.6 Å². The van der Waals surface area contributed by atoms with Crippen molar-refractivity contribution in [2.45, 2.75) is 6.54 Å². The van der Waals surface area contributed by atoms with Gasteiger partial charge in [0.25, 0.3) is 0 Å². The third-order valence-electron chi connectivity index (χ3n) is 2.27. The van der Waals surface area contributed by atoms with Gasteiger partial charge in [0.2, 0.25) is 5.65 Å². The zero-order valence-electron chi connectivity index (χ0n) is 8.67. The minimum absolute atomic E-state index is 0.732. The molecule has 0 spiro atoms. The molecule has 3 aromatic rings. The number of nitrogens with one attached hydrogen (secondary N) is 1. The molecule has 0 atom stereocenters. The summed E-state index contributed by atoms with van der Waals surface area (Å²) in [5.41, 5.74) is 0.739. The predicted octanol–water partition coefficient (Wildman–Crippen LogP) is 2.56. The second-order valence-electron chi connectivity index (χ2n) is 3.40. The van der Waals surface area contributed by atoms with Gasteiger partial charge in [-0.05, 0) is 28.1 Å². The van der Waals surface area contributed by atoms with E-state index in [2.05, 4.69) is 42.5 Å². The van der Waals surface area contributed by atoms with Gasteiger partial charge >= 0.3 is 0 Å². The van der Waals surface area contributed by atoms with Gasteiger partial charge in [0.05, 0.1) is 10.3 Å². The molecule has 5 nitrogen and oxygen atoms in total. The molecule has 0 radical (unpaired) electrons. The summed E-state index contributed by atoms with van der Waals surface area (Å²) in [5.74, 6) is 0.745. The third kappa shape index (κ3) is 2.16. The number of hydrogen-bond acceptors (Lipinski definition) is 5. The van der Waals surface area contributed by atoms with E-state index >= 15 is 0 Å². The van der Waals surface area contributed by atoms with Crippen LogP contribution in [0.1, 0.15) is 4.88 Å². The molecule has 3 rings (SSSR count). The van der Waals surface area contributed by atoms with Crippen LogP contribution in [0.4, 0.5) is 5.82 Å². The zero-order chi connectivity index (χ0) is 11.7. The first-order chi connectivity index (χ1) is 8.33. The fourth-order valence-corrected chi connectivity index (χ4v) is 2.92. The molecular weight excluding hydrogens is 302 g/mol. The largest absolute Gasteiger partial charge is 0.362 e. The monoisotopic (exact) mass is 309 g/mol. The van der Waals surface area contributed by atoms with Gasteiger partial charge in [0.1, 0.15) is 6.33 Å². The normalized spacial score (nSPS) is 10.9. The standard InChI is InChI=1S/C10H8BrN5S/c11-8-2-1-7(17-8)5-13-9-10-15-14-6-16(10)4-3-12-9/h1-4,6H,5H2,(H,12,13). The Labute approximate surface area is 110 Å². The predicted molar refractivity (Wildman–Crippen MR) is 70.1 cm³/mol. The van der Waals surface area contributed by atoms with Gasteiger partial charge in [0, 0.05) is 17.3 Å². The summed E-state index contributed by atoms with van der Waals surface area (Å²) in [4.78, 5) is 5.50. The lowest BCUT2D eigenvalue weighted by Gasteiger charge is -2.03. The maximum atomic E-state index is 4.26. The van der Waals surface area contributed by atoms with Crippen LogP contribution in [0.3, 0.4) is 0 Å². The van der Waals surface area contributed by atoms with Gasteiger partial charge in [-0.1, -0.05) is 0 Å². The molecule has 1 N–H and O–H groups in total. The van der Waals surface area contributed by atoms with Crippen LogP contribution in [0.2, 0.25) is 0 Å². The van der Waals surface area contributed by atoms with E-state index in [4.69, 9.17) is 0 Å². The second-order valence-corrected chi connectivity index (χ2v) is 5.94. The highest BCUT2D eigenvalue weighted by molar-refractivity contribution is 9.11. The van der Waals surface area contributed by atoms with Crippen LogP contribution in [0.5, 0.6) is 0 Å². The van der Waals surface area contributed by atoms with Gasteiger partial charge in [-0.15, -0.1) is 21.5 Å². The zero-order valence-corrected chi connectivity index (χ0v) is 11.1. The molecule has 3 aromatic heterocycles. The van der Waals surface area contributed by atoms with Crippen LogP contribution >= 0.6 is 27.3 Å². The van der Waals surface area contributed by atoms with Crippen molar-refractivity contribution in [1.82, 2.24) is 19.6 Å². The van der Waals surface area contributed by atoms with E-state index in [1.54, 1.807) is 23.9 Å².